The monoisotopic (exact) mass is 178 g/mol. The smallest absolute Gasteiger partial charge is 0.153 e. The fraction of sp³-hybridized carbons (Fsp3) is 0.444. The molecule has 4 heteroatoms. The zero-order valence-electron chi connectivity index (χ0n) is 7.99. The number of hydrogen-bond acceptors (Lipinski definition) is 4. The van der Waals surface area contributed by atoms with Crippen LogP contribution < -0.4 is 5.73 Å². The Balaban J connectivity index is 2.87. The molecule has 0 radical (unpaired) electrons. The van der Waals surface area contributed by atoms with Gasteiger partial charge in [-0.2, -0.15) is 0 Å². The molecule has 1 rings (SSSR count). The van der Waals surface area contributed by atoms with Crippen LogP contribution in [0.5, 0.6) is 0 Å². The average molecular weight is 178 g/mol. The number of anilines is 1. The molecule has 4 nitrogen and oxygen atoms in total. The molecule has 0 aliphatic heterocycles. The highest BCUT2D eigenvalue weighted by Crippen LogP contribution is 2.21. The van der Waals surface area contributed by atoms with Crippen molar-refractivity contribution in [2.75, 3.05) is 5.73 Å². The number of rotatable bonds is 3. The minimum absolute atomic E-state index is 0.444. The van der Waals surface area contributed by atoms with Crippen molar-refractivity contribution in [3.63, 3.8) is 0 Å². The van der Waals surface area contributed by atoms with Gasteiger partial charge in [-0.3, -0.25) is 4.99 Å². The SMILES string of the molecule is CCCC=Nc1c(C)ncnc1N. The third kappa shape index (κ3) is 2.50. The zero-order valence-corrected chi connectivity index (χ0v) is 7.99. The number of hydrogen-bond donors (Lipinski definition) is 1. The first-order valence-electron chi connectivity index (χ1n) is 4.35. The largest absolute Gasteiger partial charge is 0.382 e. The van der Waals surface area contributed by atoms with E-state index in [2.05, 4.69) is 21.9 Å². The van der Waals surface area contributed by atoms with E-state index >= 15 is 0 Å². The second-order valence-corrected chi connectivity index (χ2v) is 2.79. The highest BCUT2D eigenvalue weighted by atomic mass is 15.0. The van der Waals surface area contributed by atoms with Gasteiger partial charge in [-0.15, -0.1) is 0 Å². The van der Waals surface area contributed by atoms with Crippen molar-refractivity contribution in [1.82, 2.24) is 9.97 Å². The van der Waals surface area contributed by atoms with Gasteiger partial charge < -0.3 is 5.73 Å². The summed E-state index contributed by atoms with van der Waals surface area (Å²) in [5, 5.41) is 0. The molecule has 0 saturated heterocycles. The molecule has 0 aliphatic carbocycles. The maximum atomic E-state index is 5.64. The molecule has 0 aromatic carbocycles. The van der Waals surface area contributed by atoms with Crippen molar-refractivity contribution in [2.45, 2.75) is 26.7 Å². The molecule has 0 spiro atoms. The Morgan fingerprint density at radius 1 is 1.54 bits per heavy atom. The summed E-state index contributed by atoms with van der Waals surface area (Å²) in [6.45, 7) is 3.97. The average Bonchev–Trinajstić information content (AvgIpc) is 2.10. The van der Waals surface area contributed by atoms with Crippen LogP contribution in [0, 0.1) is 6.92 Å². The third-order valence-corrected chi connectivity index (χ3v) is 1.67. The first-order chi connectivity index (χ1) is 6.25. The van der Waals surface area contributed by atoms with Crippen molar-refractivity contribution in [3.8, 4) is 0 Å². The van der Waals surface area contributed by atoms with Gasteiger partial charge in [-0.05, 0) is 13.3 Å². The van der Waals surface area contributed by atoms with Gasteiger partial charge in [-0.1, -0.05) is 13.3 Å². The molecule has 13 heavy (non-hydrogen) atoms. The molecule has 1 heterocycles. The van der Waals surface area contributed by atoms with Crippen LogP contribution in [-0.4, -0.2) is 16.2 Å². The molecule has 70 valence electrons. The number of nitrogen functional groups attached to an aromatic ring is 1. The van der Waals surface area contributed by atoms with E-state index in [1.54, 1.807) is 0 Å². The van der Waals surface area contributed by atoms with Gasteiger partial charge in [0, 0.05) is 6.21 Å². The van der Waals surface area contributed by atoms with E-state index < -0.39 is 0 Å². The quantitative estimate of drug-likeness (QED) is 0.718. The van der Waals surface area contributed by atoms with Crippen LogP contribution in [0.3, 0.4) is 0 Å². The number of unbranched alkanes of at least 4 members (excludes halogenated alkanes) is 1. The maximum Gasteiger partial charge on any atom is 0.153 e. The molecule has 2 N–H and O–H groups in total. The van der Waals surface area contributed by atoms with Gasteiger partial charge in [-0.25, -0.2) is 9.97 Å². The highest BCUT2D eigenvalue weighted by Gasteiger charge is 2.01. The first-order valence-corrected chi connectivity index (χ1v) is 4.35. The normalized spacial score (nSPS) is 10.9. The predicted molar refractivity (Wildman–Crippen MR) is 54.2 cm³/mol. The molecular formula is C9H14N4. The molecule has 1 aromatic rings. The first kappa shape index (κ1) is 9.64. The van der Waals surface area contributed by atoms with Crippen LogP contribution >= 0.6 is 0 Å². The number of nitrogens with zero attached hydrogens (tertiary/aromatic N) is 3. The van der Waals surface area contributed by atoms with E-state index in [9.17, 15) is 0 Å². The van der Waals surface area contributed by atoms with Crippen molar-refractivity contribution < 1.29 is 0 Å². The van der Waals surface area contributed by atoms with Crippen molar-refractivity contribution in [1.29, 1.82) is 0 Å². The summed E-state index contributed by atoms with van der Waals surface area (Å²) < 4.78 is 0. The molecule has 1 aromatic heterocycles. The van der Waals surface area contributed by atoms with E-state index in [1.807, 2.05) is 13.1 Å². The lowest BCUT2D eigenvalue weighted by molar-refractivity contribution is 1.01. The predicted octanol–water partition coefficient (Wildman–Crippen LogP) is 1.87. The van der Waals surface area contributed by atoms with Crippen LogP contribution in [-0.2, 0) is 0 Å². The van der Waals surface area contributed by atoms with E-state index in [4.69, 9.17) is 5.73 Å². The Morgan fingerprint density at radius 2 is 2.31 bits per heavy atom. The second kappa shape index (κ2) is 4.54. The maximum absolute atomic E-state index is 5.64. The minimum Gasteiger partial charge on any atom is -0.382 e. The molecule has 0 amide bonds. The molecule has 0 fully saturated rings. The van der Waals surface area contributed by atoms with E-state index in [0.717, 1.165) is 18.5 Å². The molecule has 0 saturated carbocycles. The van der Waals surface area contributed by atoms with Gasteiger partial charge >= 0.3 is 0 Å². The zero-order chi connectivity index (χ0) is 9.68. The Bertz CT molecular complexity index is 286. The summed E-state index contributed by atoms with van der Waals surface area (Å²) in [5.74, 6) is 0.444. The van der Waals surface area contributed by atoms with Crippen molar-refractivity contribution >= 4 is 17.7 Å². The summed E-state index contributed by atoms with van der Waals surface area (Å²) in [7, 11) is 0. The Kier molecular flexibility index (Phi) is 3.37. The van der Waals surface area contributed by atoms with Gasteiger partial charge in [0.05, 0.1) is 5.69 Å². The lowest BCUT2D eigenvalue weighted by atomic mass is 10.3. The fourth-order valence-electron chi connectivity index (χ4n) is 0.930. The van der Waals surface area contributed by atoms with E-state index in [-0.39, 0.29) is 0 Å². The van der Waals surface area contributed by atoms with Crippen molar-refractivity contribution in [2.24, 2.45) is 4.99 Å². The van der Waals surface area contributed by atoms with Gasteiger partial charge in [0.2, 0.25) is 0 Å². The number of aromatic nitrogens is 2. The lowest BCUT2D eigenvalue weighted by Gasteiger charge is -2.00. The Labute approximate surface area is 77.9 Å². The van der Waals surface area contributed by atoms with E-state index in [0.29, 0.717) is 11.5 Å². The van der Waals surface area contributed by atoms with Crippen LogP contribution in [0.25, 0.3) is 0 Å². The number of aliphatic imine (C=N–C) groups is 1. The van der Waals surface area contributed by atoms with Crippen LogP contribution in [0.4, 0.5) is 11.5 Å². The van der Waals surface area contributed by atoms with Gasteiger partial charge in [0.1, 0.15) is 12.0 Å². The van der Waals surface area contributed by atoms with Gasteiger partial charge in [0.25, 0.3) is 0 Å². The van der Waals surface area contributed by atoms with Crippen molar-refractivity contribution in [3.05, 3.63) is 12.0 Å². The molecular weight excluding hydrogens is 164 g/mol. The Morgan fingerprint density at radius 3 is 2.92 bits per heavy atom. The van der Waals surface area contributed by atoms with Gasteiger partial charge in [0.15, 0.2) is 5.82 Å². The molecule has 0 aliphatic rings. The van der Waals surface area contributed by atoms with Crippen LogP contribution in [0.15, 0.2) is 11.3 Å². The lowest BCUT2D eigenvalue weighted by Crippen LogP contribution is -1.94. The molecule has 0 atom stereocenters. The number of nitrogens with two attached hydrogens (primary N) is 1. The summed E-state index contributed by atoms with van der Waals surface area (Å²) >= 11 is 0. The summed E-state index contributed by atoms with van der Waals surface area (Å²) in [4.78, 5) is 12.1. The van der Waals surface area contributed by atoms with E-state index in [1.165, 1.54) is 6.33 Å². The third-order valence-electron chi connectivity index (χ3n) is 1.67. The fourth-order valence-corrected chi connectivity index (χ4v) is 0.930. The summed E-state index contributed by atoms with van der Waals surface area (Å²) in [6, 6.07) is 0. The minimum atomic E-state index is 0.444. The summed E-state index contributed by atoms with van der Waals surface area (Å²) in [5.41, 5.74) is 7.15. The summed E-state index contributed by atoms with van der Waals surface area (Å²) in [6.07, 6.45) is 5.33. The highest BCUT2D eigenvalue weighted by molar-refractivity contribution is 5.69. The van der Waals surface area contributed by atoms with Crippen LogP contribution in [0.2, 0.25) is 0 Å². The Hall–Kier alpha value is -1.45. The molecule has 0 unspecified atom stereocenters. The standard InChI is InChI=1S/C9H14N4/c1-3-4-5-11-8-7(2)12-6-13-9(8)10/h5-6H,3-4H2,1-2H3,(H2,10,12,13). The number of aryl methyl sites for hydroxylation is 1. The van der Waals surface area contributed by atoms with Crippen LogP contribution in [0.1, 0.15) is 25.5 Å². The topological polar surface area (TPSA) is 64.2 Å². The second-order valence-electron chi connectivity index (χ2n) is 2.79. The molecule has 0 bridgehead atoms.